The van der Waals surface area contributed by atoms with Gasteiger partial charge in [-0.2, -0.15) is 0 Å². The second-order valence-corrected chi connectivity index (χ2v) is 7.04. The van der Waals surface area contributed by atoms with E-state index in [2.05, 4.69) is 5.32 Å². The molecule has 0 radical (unpaired) electrons. The van der Waals surface area contributed by atoms with Gasteiger partial charge in [0.1, 0.15) is 6.04 Å². The topological polar surface area (TPSA) is 69.7 Å². The second-order valence-electron chi connectivity index (χ2n) is 7.04. The molecule has 2 aromatic rings. The van der Waals surface area contributed by atoms with Crippen LogP contribution in [-0.4, -0.2) is 33.8 Å². The molecular formula is C22H25N3O3. The molecule has 6 heteroatoms. The van der Waals surface area contributed by atoms with Crippen molar-refractivity contribution in [3.63, 3.8) is 0 Å². The highest BCUT2D eigenvalue weighted by Gasteiger charge is 2.50. The predicted octanol–water partition coefficient (Wildman–Crippen LogP) is 3.78. The van der Waals surface area contributed by atoms with Gasteiger partial charge in [-0.15, -0.1) is 0 Å². The van der Waals surface area contributed by atoms with Crippen LogP contribution in [0, 0.1) is 5.92 Å². The van der Waals surface area contributed by atoms with Gasteiger partial charge in [-0.05, 0) is 17.0 Å². The minimum Gasteiger partial charge on any atom is -0.333 e. The minimum atomic E-state index is -0.781. The largest absolute Gasteiger partial charge is 0.335 e. The van der Waals surface area contributed by atoms with E-state index >= 15 is 0 Å². The monoisotopic (exact) mass is 379 g/mol. The van der Waals surface area contributed by atoms with E-state index in [1.807, 2.05) is 74.5 Å². The lowest BCUT2D eigenvalue weighted by atomic mass is 9.98. The fourth-order valence-corrected chi connectivity index (χ4v) is 3.32. The number of rotatable bonds is 6. The zero-order valence-corrected chi connectivity index (χ0v) is 16.2. The van der Waals surface area contributed by atoms with E-state index in [0.717, 1.165) is 16.0 Å². The number of nitrogens with zero attached hydrogens (tertiary/aromatic N) is 2. The van der Waals surface area contributed by atoms with Crippen molar-refractivity contribution in [1.29, 1.82) is 0 Å². The third-order valence-corrected chi connectivity index (χ3v) is 5.11. The van der Waals surface area contributed by atoms with Crippen molar-refractivity contribution in [3.8, 4) is 0 Å². The molecule has 1 aliphatic rings. The highest BCUT2D eigenvalue weighted by Crippen LogP contribution is 2.27. The van der Waals surface area contributed by atoms with Crippen LogP contribution in [0.2, 0.25) is 0 Å². The molecule has 5 amide bonds. The Labute approximate surface area is 165 Å². The highest BCUT2D eigenvalue weighted by molar-refractivity contribution is 6.11. The summed E-state index contributed by atoms with van der Waals surface area (Å²) in [5.74, 6) is -0.447. The normalized spacial score (nSPS) is 17.7. The third kappa shape index (κ3) is 4.06. The SMILES string of the molecule is CCC(C)C1C(=O)N(Cc2ccccc2)C(=O)N1C(=O)NCc1ccccc1. The van der Waals surface area contributed by atoms with Crippen molar-refractivity contribution in [2.24, 2.45) is 5.92 Å². The maximum Gasteiger partial charge on any atom is 0.335 e. The van der Waals surface area contributed by atoms with Gasteiger partial charge >= 0.3 is 12.1 Å². The number of urea groups is 2. The lowest BCUT2D eigenvalue weighted by molar-refractivity contribution is -0.129. The molecule has 0 aromatic heterocycles. The molecule has 3 rings (SSSR count). The fraction of sp³-hybridized carbons (Fsp3) is 0.318. The molecular weight excluding hydrogens is 354 g/mol. The van der Waals surface area contributed by atoms with Crippen molar-refractivity contribution in [3.05, 3.63) is 71.8 Å². The van der Waals surface area contributed by atoms with Gasteiger partial charge in [0.05, 0.1) is 6.54 Å². The second kappa shape index (κ2) is 8.69. The van der Waals surface area contributed by atoms with E-state index in [0.29, 0.717) is 13.0 Å². The van der Waals surface area contributed by atoms with Gasteiger partial charge in [-0.3, -0.25) is 9.69 Å². The molecule has 0 bridgehead atoms. The Balaban J connectivity index is 1.79. The molecule has 28 heavy (non-hydrogen) atoms. The molecule has 0 spiro atoms. The van der Waals surface area contributed by atoms with E-state index in [1.165, 1.54) is 4.90 Å². The lowest BCUT2D eigenvalue weighted by Crippen LogP contribution is -2.48. The highest BCUT2D eigenvalue weighted by atomic mass is 16.2. The van der Waals surface area contributed by atoms with Crippen LogP contribution < -0.4 is 5.32 Å². The van der Waals surface area contributed by atoms with Gasteiger partial charge in [0.2, 0.25) is 0 Å². The molecule has 146 valence electrons. The number of carbonyl (C=O) groups excluding carboxylic acids is 3. The first-order valence-electron chi connectivity index (χ1n) is 9.53. The Bertz CT molecular complexity index is 839. The summed E-state index contributed by atoms with van der Waals surface area (Å²) in [5.41, 5.74) is 1.77. The molecule has 0 aliphatic carbocycles. The first-order valence-corrected chi connectivity index (χ1v) is 9.53. The van der Waals surface area contributed by atoms with Crippen LogP contribution in [0.15, 0.2) is 60.7 Å². The zero-order valence-electron chi connectivity index (χ0n) is 16.2. The molecule has 1 heterocycles. The Morgan fingerprint density at radius 2 is 1.57 bits per heavy atom. The number of amides is 5. The van der Waals surface area contributed by atoms with Gasteiger partial charge in [-0.25, -0.2) is 14.5 Å². The number of carbonyl (C=O) groups is 3. The maximum absolute atomic E-state index is 13.0. The number of hydrogen-bond donors (Lipinski definition) is 1. The van der Waals surface area contributed by atoms with Crippen LogP contribution in [0.5, 0.6) is 0 Å². The number of imide groups is 2. The summed E-state index contributed by atoms with van der Waals surface area (Å²) >= 11 is 0. The summed E-state index contributed by atoms with van der Waals surface area (Å²) in [4.78, 5) is 41.0. The smallest absolute Gasteiger partial charge is 0.333 e. The van der Waals surface area contributed by atoms with Crippen LogP contribution >= 0.6 is 0 Å². The van der Waals surface area contributed by atoms with E-state index < -0.39 is 18.1 Å². The Morgan fingerprint density at radius 1 is 1.00 bits per heavy atom. The average molecular weight is 379 g/mol. The zero-order chi connectivity index (χ0) is 20.1. The van der Waals surface area contributed by atoms with Gasteiger partial charge in [-0.1, -0.05) is 80.9 Å². The van der Waals surface area contributed by atoms with Crippen molar-refractivity contribution in [2.75, 3.05) is 0 Å². The number of nitrogens with one attached hydrogen (secondary N) is 1. The van der Waals surface area contributed by atoms with Crippen molar-refractivity contribution < 1.29 is 14.4 Å². The fourth-order valence-electron chi connectivity index (χ4n) is 3.32. The summed E-state index contributed by atoms with van der Waals surface area (Å²) in [6.07, 6.45) is 0.686. The van der Waals surface area contributed by atoms with Gasteiger partial charge in [0, 0.05) is 6.54 Å². The van der Waals surface area contributed by atoms with Crippen LogP contribution in [0.1, 0.15) is 31.4 Å². The molecule has 1 aliphatic heterocycles. The Hall–Kier alpha value is -3.15. The van der Waals surface area contributed by atoms with E-state index in [-0.39, 0.29) is 18.4 Å². The predicted molar refractivity (Wildman–Crippen MR) is 106 cm³/mol. The standard InChI is InChI=1S/C22H25N3O3/c1-3-16(2)19-20(26)24(15-18-12-8-5-9-13-18)22(28)25(19)21(27)23-14-17-10-6-4-7-11-17/h4-13,16,19H,3,14-15H2,1-2H3,(H,23,27). The lowest BCUT2D eigenvalue weighted by Gasteiger charge is -2.24. The first kappa shape index (κ1) is 19.6. The molecule has 2 aromatic carbocycles. The summed E-state index contributed by atoms with van der Waals surface area (Å²) in [6.45, 7) is 4.29. The molecule has 6 nitrogen and oxygen atoms in total. The van der Waals surface area contributed by atoms with Crippen LogP contribution in [0.3, 0.4) is 0 Å². The molecule has 1 fully saturated rings. The van der Waals surface area contributed by atoms with Crippen LogP contribution in [0.4, 0.5) is 9.59 Å². The summed E-state index contributed by atoms with van der Waals surface area (Å²) in [7, 11) is 0. The molecule has 0 saturated carbocycles. The van der Waals surface area contributed by atoms with Crippen molar-refractivity contribution in [1.82, 2.24) is 15.1 Å². The number of hydrogen-bond acceptors (Lipinski definition) is 3. The quantitative estimate of drug-likeness (QED) is 0.777. The Kier molecular flexibility index (Phi) is 6.09. The first-order chi connectivity index (χ1) is 13.5. The molecule has 2 unspecified atom stereocenters. The van der Waals surface area contributed by atoms with E-state index in [4.69, 9.17) is 0 Å². The van der Waals surface area contributed by atoms with Crippen molar-refractivity contribution >= 4 is 18.0 Å². The summed E-state index contributed by atoms with van der Waals surface area (Å²) in [6, 6.07) is 16.9. The summed E-state index contributed by atoms with van der Waals surface area (Å²) < 4.78 is 0. The molecule has 1 saturated heterocycles. The third-order valence-electron chi connectivity index (χ3n) is 5.11. The van der Waals surface area contributed by atoms with E-state index in [9.17, 15) is 14.4 Å². The van der Waals surface area contributed by atoms with E-state index in [1.54, 1.807) is 0 Å². The van der Waals surface area contributed by atoms with Gasteiger partial charge in [0.15, 0.2) is 0 Å². The molecule has 1 N–H and O–H groups in total. The molecule has 2 atom stereocenters. The Morgan fingerprint density at radius 3 is 2.14 bits per heavy atom. The van der Waals surface area contributed by atoms with Crippen LogP contribution in [0.25, 0.3) is 0 Å². The van der Waals surface area contributed by atoms with Crippen molar-refractivity contribution in [2.45, 2.75) is 39.4 Å². The maximum atomic E-state index is 13.0. The van der Waals surface area contributed by atoms with Gasteiger partial charge < -0.3 is 5.32 Å². The summed E-state index contributed by atoms with van der Waals surface area (Å²) in [5, 5.41) is 2.77. The average Bonchev–Trinajstić information content (AvgIpc) is 2.97. The van der Waals surface area contributed by atoms with Crippen LogP contribution in [-0.2, 0) is 17.9 Å². The number of benzene rings is 2. The van der Waals surface area contributed by atoms with Gasteiger partial charge in [0.25, 0.3) is 5.91 Å². The minimum absolute atomic E-state index is 0.125.